The van der Waals surface area contributed by atoms with E-state index >= 15 is 0 Å². The number of likely N-dealkylation sites (N-methyl/N-ethyl adjacent to an activating group) is 1. The highest BCUT2D eigenvalue weighted by Crippen LogP contribution is 2.40. The lowest BCUT2D eigenvalue weighted by Gasteiger charge is -2.41. The second-order valence-corrected chi connectivity index (χ2v) is 7.09. The molecule has 2 fully saturated rings. The molecule has 1 saturated carbocycles. The number of rotatable bonds is 5. The predicted octanol–water partition coefficient (Wildman–Crippen LogP) is 2.51. The monoisotopic (exact) mass is 268 g/mol. The van der Waals surface area contributed by atoms with E-state index in [1.807, 2.05) is 7.11 Å². The first-order valence-corrected chi connectivity index (χ1v) is 8.05. The van der Waals surface area contributed by atoms with E-state index in [0.717, 1.165) is 25.1 Å². The number of methoxy groups -OCH3 is 1. The molecule has 0 aromatic heterocycles. The fourth-order valence-corrected chi connectivity index (χ4v) is 4.16. The first-order valence-electron chi connectivity index (χ1n) is 8.05. The fraction of sp³-hybridized carbons (Fsp3) is 1.00. The lowest BCUT2D eigenvalue weighted by molar-refractivity contribution is 0.0557. The Morgan fingerprint density at radius 1 is 1.32 bits per heavy atom. The number of hydrogen-bond donors (Lipinski definition) is 1. The summed E-state index contributed by atoms with van der Waals surface area (Å²) in [5.41, 5.74) is 0.439. The third-order valence-electron chi connectivity index (χ3n) is 5.16. The SMILES string of the molecule is CCNC1C(N2CCCC(COC)C2)CCC1(C)C. The number of nitrogens with zero attached hydrogens (tertiary/aromatic N) is 1. The zero-order chi connectivity index (χ0) is 13.9. The Kier molecular flexibility index (Phi) is 5.27. The lowest BCUT2D eigenvalue weighted by atomic mass is 9.85. The molecule has 1 aliphatic carbocycles. The van der Waals surface area contributed by atoms with Crippen molar-refractivity contribution in [3.8, 4) is 0 Å². The number of likely N-dealkylation sites (tertiary alicyclic amines) is 1. The van der Waals surface area contributed by atoms with Gasteiger partial charge >= 0.3 is 0 Å². The Hall–Kier alpha value is -0.120. The van der Waals surface area contributed by atoms with Gasteiger partial charge < -0.3 is 10.1 Å². The maximum absolute atomic E-state index is 5.37. The van der Waals surface area contributed by atoms with E-state index in [1.54, 1.807) is 0 Å². The molecule has 3 nitrogen and oxygen atoms in total. The summed E-state index contributed by atoms with van der Waals surface area (Å²) in [4.78, 5) is 2.75. The average molecular weight is 268 g/mol. The van der Waals surface area contributed by atoms with E-state index in [9.17, 15) is 0 Å². The molecule has 1 heterocycles. The molecule has 0 bridgehead atoms. The lowest BCUT2D eigenvalue weighted by Crippen LogP contribution is -2.54. The summed E-state index contributed by atoms with van der Waals surface area (Å²) >= 11 is 0. The Balaban J connectivity index is 1.99. The highest BCUT2D eigenvalue weighted by molar-refractivity contribution is 5.01. The molecule has 1 N–H and O–H groups in total. The second-order valence-electron chi connectivity index (χ2n) is 7.09. The van der Waals surface area contributed by atoms with Crippen LogP contribution in [0.1, 0.15) is 46.5 Å². The van der Waals surface area contributed by atoms with Crippen molar-refractivity contribution >= 4 is 0 Å². The third kappa shape index (κ3) is 3.50. The van der Waals surface area contributed by atoms with Gasteiger partial charge in [0, 0.05) is 25.7 Å². The van der Waals surface area contributed by atoms with Gasteiger partial charge in [-0.2, -0.15) is 0 Å². The molecule has 3 atom stereocenters. The van der Waals surface area contributed by atoms with E-state index in [-0.39, 0.29) is 0 Å². The minimum Gasteiger partial charge on any atom is -0.384 e. The highest BCUT2D eigenvalue weighted by atomic mass is 16.5. The van der Waals surface area contributed by atoms with Crippen molar-refractivity contribution in [2.75, 3.05) is 33.4 Å². The van der Waals surface area contributed by atoms with Gasteiger partial charge in [-0.25, -0.2) is 0 Å². The summed E-state index contributed by atoms with van der Waals surface area (Å²) in [6.45, 7) is 11.6. The second kappa shape index (κ2) is 6.55. The van der Waals surface area contributed by atoms with E-state index in [0.29, 0.717) is 11.5 Å². The van der Waals surface area contributed by atoms with Crippen molar-refractivity contribution in [3.63, 3.8) is 0 Å². The smallest absolute Gasteiger partial charge is 0.0502 e. The van der Waals surface area contributed by atoms with Crippen LogP contribution in [0.15, 0.2) is 0 Å². The molecule has 0 aromatic carbocycles. The molecule has 0 aromatic rings. The van der Waals surface area contributed by atoms with Gasteiger partial charge in [0.25, 0.3) is 0 Å². The van der Waals surface area contributed by atoms with Gasteiger partial charge in [-0.05, 0) is 50.1 Å². The van der Waals surface area contributed by atoms with Crippen LogP contribution in [0.4, 0.5) is 0 Å². The van der Waals surface area contributed by atoms with Crippen molar-refractivity contribution < 1.29 is 4.74 Å². The molecule has 0 spiro atoms. The molecule has 2 rings (SSSR count). The summed E-state index contributed by atoms with van der Waals surface area (Å²) in [5.74, 6) is 0.740. The standard InChI is InChI=1S/C16H32N2O/c1-5-17-15-14(8-9-16(15,2)3)18-10-6-7-13(11-18)12-19-4/h13-15,17H,5-12H2,1-4H3. The summed E-state index contributed by atoms with van der Waals surface area (Å²) in [6.07, 6.45) is 5.38. The van der Waals surface area contributed by atoms with Crippen LogP contribution < -0.4 is 5.32 Å². The van der Waals surface area contributed by atoms with E-state index < -0.39 is 0 Å². The van der Waals surface area contributed by atoms with Crippen molar-refractivity contribution in [2.24, 2.45) is 11.3 Å². The fourth-order valence-electron chi connectivity index (χ4n) is 4.16. The quantitative estimate of drug-likeness (QED) is 0.829. The zero-order valence-corrected chi connectivity index (χ0v) is 13.2. The van der Waals surface area contributed by atoms with E-state index in [2.05, 4.69) is 31.0 Å². The van der Waals surface area contributed by atoms with E-state index in [4.69, 9.17) is 4.74 Å². The third-order valence-corrected chi connectivity index (χ3v) is 5.16. The van der Waals surface area contributed by atoms with E-state index in [1.165, 1.54) is 38.8 Å². The highest BCUT2D eigenvalue weighted by Gasteiger charge is 2.44. The largest absolute Gasteiger partial charge is 0.384 e. The molecule has 3 heteroatoms. The summed E-state index contributed by atoms with van der Waals surface area (Å²) < 4.78 is 5.37. The van der Waals surface area contributed by atoms with Crippen molar-refractivity contribution in [3.05, 3.63) is 0 Å². The van der Waals surface area contributed by atoms with Gasteiger partial charge in [-0.3, -0.25) is 4.90 Å². The van der Waals surface area contributed by atoms with Crippen LogP contribution in [0, 0.1) is 11.3 Å². The normalized spacial score (nSPS) is 35.7. The molecular weight excluding hydrogens is 236 g/mol. The molecule has 2 aliphatic rings. The van der Waals surface area contributed by atoms with Crippen molar-refractivity contribution in [1.82, 2.24) is 10.2 Å². The van der Waals surface area contributed by atoms with Crippen LogP contribution in [0.2, 0.25) is 0 Å². The Morgan fingerprint density at radius 2 is 2.11 bits per heavy atom. The average Bonchev–Trinajstić information content (AvgIpc) is 2.67. The molecule has 1 aliphatic heterocycles. The molecular formula is C16H32N2O. The molecule has 112 valence electrons. The Bertz CT molecular complexity index is 278. The van der Waals surface area contributed by atoms with Crippen LogP contribution in [0.25, 0.3) is 0 Å². The molecule has 0 amide bonds. The first-order chi connectivity index (χ1) is 9.08. The van der Waals surface area contributed by atoms with Crippen LogP contribution in [0.3, 0.4) is 0 Å². The molecule has 19 heavy (non-hydrogen) atoms. The first kappa shape index (κ1) is 15.3. The Labute approximate surface area is 119 Å². The molecule has 3 unspecified atom stereocenters. The number of hydrogen-bond acceptors (Lipinski definition) is 3. The maximum atomic E-state index is 5.37. The van der Waals surface area contributed by atoms with Gasteiger partial charge in [-0.15, -0.1) is 0 Å². The number of nitrogens with one attached hydrogen (secondary N) is 1. The summed E-state index contributed by atoms with van der Waals surface area (Å²) in [5, 5.41) is 3.76. The van der Waals surface area contributed by atoms with Crippen LogP contribution in [0.5, 0.6) is 0 Å². The summed E-state index contributed by atoms with van der Waals surface area (Å²) in [7, 11) is 1.83. The molecule has 1 saturated heterocycles. The zero-order valence-electron chi connectivity index (χ0n) is 13.2. The topological polar surface area (TPSA) is 24.5 Å². The number of piperidine rings is 1. The van der Waals surface area contributed by atoms with Crippen LogP contribution in [-0.4, -0.2) is 50.3 Å². The van der Waals surface area contributed by atoms with Gasteiger partial charge in [0.05, 0.1) is 6.61 Å². The number of ether oxygens (including phenoxy) is 1. The maximum Gasteiger partial charge on any atom is 0.0502 e. The van der Waals surface area contributed by atoms with Crippen LogP contribution >= 0.6 is 0 Å². The van der Waals surface area contributed by atoms with Gasteiger partial charge in [-0.1, -0.05) is 20.8 Å². The predicted molar refractivity (Wildman–Crippen MR) is 80.4 cm³/mol. The minimum atomic E-state index is 0.439. The van der Waals surface area contributed by atoms with Crippen LogP contribution in [-0.2, 0) is 4.74 Å². The van der Waals surface area contributed by atoms with Crippen molar-refractivity contribution in [1.29, 1.82) is 0 Å². The van der Waals surface area contributed by atoms with Crippen molar-refractivity contribution in [2.45, 2.75) is 58.5 Å². The minimum absolute atomic E-state index is 0.439. The van der Waals surface area contributed by atoms with Gasteiger partial charge in [0.1, 0.15) is 0 Å². The Morgan fingerprint density at radius 3 is 2.79 bits per heavy atom. The summed E-state index contributed by atoms with van der Waals surface area (Å²) in [6, 6.07) is 1.38. The van der Waals surface area contributed by atoms with Gasteiger partial charge in [0.2, 0.25) is 0 Å². The molecule has 0 radical (unpaired) electrons. The van der Waals surface area contributed by atoms with Gasteiger partial charge in [0.15, 0.2) is 0 Å².